The number of ether oxygens (including phenoxy) is 2. The Morgan fingerprint density at radius 2 is 1.91 bits per heavy atom. The van der Waals surface area contributed by atoms with Gasteiger partial charge in [0, 0.05) is 6.54 Å². The third-order valence-electron chi connectivity index (χ3n) is 2.74. The van der Waals surface area contributed by atoms with Gasteiger partial charge in [0.15, 0.2) is 18.2 Å². The van der Waals surface area contributed by atoms with Gasteiger partial charge in [-0.2, -0.15) is 0 Å². The Bertz CT molecular complexity index is 577. The zero-order valence-electron chi connectivity index (χ0n) is 13.0. The molecule has 0 aliphatic carbocycles. The number of amides is 2. The number of hydrogen-bond donors (Lipinski definition) is 2. The van der Waals surface area contributed by atoms with E-state index in [9.17, 15) is 18.8 Å². The standard InChI is InChI=1S/C15H19FN2O5/c1-3-6-17-13(19)8-18-14(20)9-23-15(21)10-4-5-12(22-2)11(16)7-10/h4-5,7H,3,6,8-9H2,1-2H3,(H,17,19)(H,18,20). The van der Waals surface area contributed by atoms with Crippen molar-refractivity contribution < 1.29 is 28.2 Å². The van der Waals surface area contributed by atoms with Crippen LogP contribution in [0.3, 0.4) is 0 Å². The van der Waals surface area contributed by atoms with Crippen LogP contribution >= 0.6 is 0 Å². The Labute approximate surface area is 133 Å². The van der Waals surface area contributed by atoms with Gasteiger partial charge in [-0.05, 0) is 24.6 Å². The second kappa shape index (κ2) is 9.39. The molecule has 0 aromatic heterocycles. The smallest absolute Gasteiger partial charge is 0.338 e. The van der Waals surface area contributed by atoms with Crippen molar-refractivity contribution in [3.63, 3.8) is 0 Å². The monoisotopic (exact) mass is 326 g/mol. The number of hydrogen-bond acceptors (Lipinski definition) is 5. The minimum atomic E-state index is -0.850. The highest BCUT2D eigenvalue weighted by Crippen LogP contribution is 2.18. The van der Waals surface area contributed by atoms with Gasteiger partial charge in [0.1, 0.15) is 0 Å². The molecular formula is C15H19FN2O5. The van der Waals surface area contributed by atoms with Gasteiger partial charge in [-0.3, -0.25) is 9.59 Å². The summed E-state index contributed by atoms with van der Waals surface area (Å²) in [7, 11) is 1.30. The van der Waals surface area contributed by atoms with Gasteiger partial charge in [-0.25, -0.2) is 9.18 Å². The molecule has 0 saturated heterocycles. The van der Waals surface area contributed by atoms with Crippen LogP contribution in [-0.2, 0) is 14.3 Å². The summed E-state index contributed by atoms with van der Waals surface area (Å²) in [6.45, 7) is 1.66. The minimum absolute atomic E-state index is 0.00242. The first-order chi connectivity index (χ1) is 11.0. The quantitative estimate of drug-likeness (QED) is 0.684. The predicted molar refractivity (Wildman–Crippen MR) is 79.5 cm³/mol. The molecule has 1 rings (SSSR count). The summed E-state index contributed by atoms with van der Waals surface area (Å²) in [4.78, 5) is 34.4. The van der Waals surface area contributed by atoms with Crippen molar-refractivity contribution in [1.82, 2.24) is 10.6 Å². The highest BCUT2D eigenvalue weighted by molar-refractivity contribution is 5.92. The van der Waals surface area contributed by atoms with E-state index in [1.807, 2.05) is 6.92 Å². The molecule has 1 aromatic rings. The third-order valence-corrected chi connectivity index (χ3v) is 2.74. The molecule has 0 fully saturated rings. The second-order valence-corrected chi connectivity index (χ2v) is 4.55. The van der Waals surface area contributed by atoms with Gasteiger partial charge in [-0.1, -0.05) is 6.92 Å². The summed E-state index contributed by atoms with van der Waals surface area (Å²) in [5, 5.41) is 4.89. The van der Waals surface area contributed by atoms with Gasteiger partial charge >= 0.3 is 5.97 Å². The van der Waals surface area contributed by atoms with E-state index in [4.69, 9.17) is 9.47 Å². The van der Waals surface area contributed by atoms with Crippen molar-refractivity contribution in [2.45, 2.75) is 13.3 Å². The van der Waals surface area contributed by atoms with Gasteiger partial charge < -0.3 is 20.1 Å². The summed E-state index contributed by atoms with van der Waals surface area (Å²) >= 11 is 0. The van der Waals surface area contributed by atoms with Crippen molar-refractivity contribution >= 4 is 17.8 Å². The first kappa shape index (κ1) is 18.4. The Kier molecular flexibility index (Phi) is 7.52. The number of carbonyl (C=O) groups is 3. The molecule has 8 heteroatoms. The molecule has 2 N–H and O–H groups in total. The van der Waals surface area contributed by atoms with E-state index in [1.165, 1.54) is 19.2 Å². The van der Waals surface area contributed by atoms with Gasteiger partial charge in [0.2, 0.25) is 5.91 Å². The number of nitrogens with one attached hydrogen (secondary N) is 2. The van der Waals surface area contributed by atoms with E-state index < -0.39 is 24.3 Å². The van der Waals surface area contributed by atoms with Crippen LogP contribution in [-0.4, -0.2) is 44.6 Å². The van der Waals surface area contributed by atoms with Crippen molar-refractivity contribution in [2.24, 2.45) is 0 Å². The molecule has 2 amide bonds. The molecule has 0 atom stereocenters. The highest BCUT2D eigenvalue weighted by Gasteiger charge is 2.13. The van der Waals surface area contributed by atoms with Crippen molar-refractivity contribution in [1.29, 1.82) is 0 Å². The summed E-state index contributed by atoms with van der Waals surface area (Å²) in [5.74, 6) is -2.52. The number of carbonyl (C=O) groups excluding carboxylic acids is 3. The Hall–Kier alpha value is -2.64. The maximum atomic E-state index is 13.5. The van der Waals surface area contributed by atoms with Crippen LogP contribution in [0.2, 0.25) is 0 Å². The molecule has 7 nitrogen and oxygen atoms in total. The average molecular weight is 326 g/mol. The van der Waals surface area contributed by atoms with Crippen molar-refractivity contribution in [3.05, 3.63) is 29.6 Å². The third kappa shape index (κ3) is 6.33. The van der Waals surface area contributed by atoms with Crippen LogP contribution in [0.5, 0.6) is 5.75 Å². The fourth-order valence-electron chi connectivity index (χ4n) is 1.56. The molecule has 23 heavy (non-hydrogen) atoms. The zero-order valence-corrected chi connectivity index (χ0v) is 13.0. The fraction of sp³-hybridized carbons (Fsp3) is 0.400. The molecule has 0 aliphatic heterocycles. The number of esters is 1. The number of methoxy groups -OCH3 is 1. The van der Waals surface area contributed by atoms with Crippen molar-refractivity contribution in [3.8, 4) is 5.75 Å². The van der Waals surface area contributed by atoms with Gasteiger partial charge in [-0.15, -0.1) is 0 Å². The largest absolute Gasteiger partial charge is 0.494 e. The maximum absolute atomic E-state index is 13.5. The van der Waals surface area contributed by atoms with E-state index in [0.717, 1.165) is 12.5 Å². The molecule has 0 aliphatic rings. The molecule has 126 valence electrons. The first-order valence-corrected chi connectivity index (χ1v) is 7.02. The lowest BCUT2D eigenvalue weighted by Gasteiger charge is -2.08. The molecule has 0 spiro atoms. The zero-order chi connectivity index (χ0) is 17.2. The van der Waals surface area contributed by atoms with Crippen LogP contribution in [0.4, 0.5) is 4.39 Å². The van der Waals surface area contributed by atoms with Crippen LogP contribution in [0, 0.1) is 5.82 Å². The van der Waals surface area contributed by atoms with Crippen LogP contribution in [0.15, 0.2) is 18.2 Å². The molecule has 0 bridgehead atoms. The van der Waals surface area contributed by atoms with E-state index in [2.05, 4.69) is 10.6 Å². The lowest BCUT2D eigenvalue weighted by Crippen LogP contribution is -2.38. The number of benzene rings is 1. The summed E-state index contributed by atoms with van der Waals surface area (Å²) < 4.78 is 22.9. The van der Waals surface area contributed by atoms with E-state index in [1.54, 1.807) is 0 Å². The average Bonchev–Trinajstić information content (AvgIpc) is 2.55. The summed E-state index contributed by atoms with van der Waals surface area (Å²) in [6.07, 6.45) is 0.787. The predicted octanol–water partition coefficient (Wildman–Crippen LogP) is 0.633. The molecule has 0 heterocycles. The highest BCUT2D eigenvalue weighted by atomic mass is 19.1. The number of halogens is 1. The minimum Gasteiger partial charge on any atom is -0.494 e. The number of rotatable bonds is 8. The Morgan fingerprint density at radius 3 is 2.52 bits per heavy atom. The first-order valence-electron chi connectivity index (χ1n) is 7.02. The maximum Gasteiger partial charge on any atom is 0.338 e. The molecule has 0 unspecified atom stereocenters. The fourth-order valence-corrected chi connectivity index (χ4v) is 1.56. The SMILES string of the molecule is CCCNC(=O)CNC(=O)COC(=O)c1ccc(OC)c(F)c1. The Morgan fingerprint density at radius 1 is 1.17 bits per heavy atom. The molecule has 0 saturated carbocycles. The lowest BCUT2D eigenvalue weighted by molar-refractivity contribution is -0.127. The van der Waals surface area contributed by atoms with E-state index >= 15 is 0 Å². The normalized spacial score (nSPS) is 9.87. The van der Waals surface area contributed by atoms with E-state index in [-0.39, 0.29) is 23.8 Å². The van der Waals surface area contributed by atoms with Gasteiger partial charge in [0.05, 0.1) is 19.2 Å². The van der Waals surface area contributed by atoms with Gasteiger partial charge in [0.25, 0.3) is 5.91 Å². The second-order valence-electron chi connectivity index (χ2n) is 4.55. The van der Waals surface area contributed by atoms with Crippen molar-refractivity contribution in [2.75, 3.05) is 26.8 Å². The molecular weight excluding hydrogens is 307 g/mol. The molecule has 1 aromatic carbocycles. The molecule has 0 radical (unpaired) electrons. The van der Waals surface area contributed by atoms with E-state index in [0.29, 0.717) is 6.54 Å². The summed E-state index contributed by atoms with van der Waals surface area (Å²) in [6, 6.07) is 3.56. The van der Waals surface area contributed by atoms with Crippen LogP contribution in [0.25, 0.3) is 0 Å². The van der Waals surface area contributed by atoms with Crippen LogP contribution in [0.1, 0.15) is 23.7 Å². The lowest BCUT2D eigenvalue weighted by atomic mass is 10.2. The topological polar surface area (TPSA) is 93.7 Å². The summed E-state index contributed by atoms with van der Waals surface area (Å²) in [5.41, 5.74) is -0.0446. The Balaban J connectivity index is 2.39. The van der Waals surface area contributed by atoms with Crippen LogP contribution < -0.4 is 15.4 Å².